The molecule has 0 saturated carbocycles. The smallest absolute Gasteiger partial charge is 0.306 e. The molecule has 0 aromatic carbocycles. The SMILES string of the molecule is CCCCCC=CCC=CCCCCCCCC(=O)O[C@@H](CO)COC(=O)CCCC=CCC=CCC=CCCCCCCCC. The van der Waals surface area contributed by atoms with Gasteiger partial charge in [0.2, 0.25) is 0 Å². The molecule has 0 saturated heterocycles. The van der Waals surface area contributed by atoms with E-state index in [4.69, 9.17) is 9.47 Å². The van der Waals surface area contributed by atoms with E-state index >= 15 is 0 Å². The van der Waals surface area contributed by atoms with Crippen molar-refractivity contribution in [1.82, 2.24) is 0 Å². The second kappa shape index (κ2) is 37.1. The zero-order chi connectivity index (χ0) is 33.6. The van der Waals surface area contributed by atoms with E-state index in [0.717, 1.165) is 57.8 Å². The number of allylic oxidation sites excluding steroid dienone is 10. The molecule has 264 valence electrons. The lowest BCUT2D eigenvalue weighted by atomic mass is 10.1. The zero-order valence-corrected chi connectivity index (χ0v) is 29.8. The number of hydrogen-bond acceptors (Lipinski definition) is 5. The van der Waals surface area contributed by atoms with Crippen LogP contribution < -0.4 is 0 Å². The first kappa shape index (κ1) is 43.6. The highest BCUT2D eigenvalue weighted by molar-refractivity contribution is 5.70. The highest BCUT2D eigenvalue weighted by Gasteiger charge is 2.16. The highest BCUT2D eigenvalue weighted by atomic mass is 16.6. The summed E-state index contributed by atoms with van der Waals surface area (Å²) in [6, 6.07) is 0. The van der Waals surface area contributed by atoms with Crippen LogP contribution in [0.25, 0.3) is 0 Å². The lowest BCUT2D eigenvalue weighted by molar-refractivity contribution is -0.161. The molecule has 0 aliphatic rings. The molecule has 0 aromatic heterocycles. The van der Waals surface area contributed by atoms with Crippen molar-refractivity contribution < 1.29 is 24.2 Å². The van der Waals surface area contributed by atoms with Gasteiger partial charge in [0, 0.05) is 12.8 Å². The van der Waals surface area contributed by atoms with Crippen molar-refractivity contribution in [3.05, 3.63) is 60.8 Å². The number of carbonyl (C=O) groups is 2. The Morgan fingerprint density at radius 2 is 0.891 bits per heavy atom. The summed E-state index contributed by atoms with van der Waals surface area (Å²) >= 11 is 0. The van der Waals surface area contributed by atoms with Crippen LogP contribution >= 0.6 is 0 Å². The Hall–Kier alpha value is -2.40. The van der Waals surface area contributed by atoms with Crippen LogP contribution in [0.15, 0.2) is 60.8 Å². The Labute approximate surface area is 283 Å². The van der Waals surface area contributed by atoms with Crippen molar-refractivity contribution in [3.8, 4) is 0 Å². The summed E-state index contributed by atoms with van der Waals surface area (Å²) in [5.74, 6) is -0.673. The fourth-order valence-corrected chi connectivity index (χ4v) is 4.89. The largest absolute Gasteiger partial charge is 0.462 e. The van der Waals surface area contributed by atoms with Crippen molar-refractivity contribution in [2.45, 2.75) is 174 Å². The summed E-state index contributed by atoms with van der Waals surface area (Å²) < 4.78 is 10.5. The molecule has 0 amide bonds. The molecule has 5 heteroatoms. The van der Waals surface area contributed by atoms with Crippen LogP contribution in [-0.2, 0) is 19.1 Å². The molecular weight excluding hydrogens is 572 g/mol. The molecule has 0 fully saturated rings. The third-order valence-corrected chi connectivity index (χ3v) is 7.78. The van der Waals surface area contributed by atoms with E-state index in [1.807, 2.05) is 0 Å². The monoisotopic (exact) mass is 643 g/mol. The maximum Gasteiger partial charge on any atom is 0.306 e. The molecule has 0 aliphatic carbocycles. The highest BCUT2D eigenvalue weighted by Crippen LogP contribution is 2.10. The van der Waals surface area contributed by atoms with Crippen LogP contribution in [0.3, 0.4) is 0 Å². The summed E-state index contributed by atoms with van der Waals surface area (Å²) in [4.78, 5) is 24.2. The van der Waals surface area contributed by atoms with Gasteiger partial charge in [0.25, 0.3) is 0 Å². The number of ether oxygens (including phenoxy) is 2. The summed E-state index contributed by atoms with van der Waals surface area (Å²) in [6.45, 7) is 4.03. The Morgan fingerprint density at radius 3 is 1.41 bits per heavy atom. The van der Waals surface area contributed by atoms with Gasteiger partial charge in [-0.1, -0.05) is 139 Å². The Kier molecular flexibility index (Phi) is 35.1. The lowest BCUT2D eigenvalue weighted by Crippen LogP contribution is -2.28. The predicted octanol–water partition coefficient (Wildman–Crippen LogP) is 11.6. The van der Waals surface area contributed by atoms with Gasteiger partial charge in [-0.25, -0.2) is 0 Å². The molecule has 1 N–H and O–H groups in total. The second-order valence-electron chi connectivity index (χ2n) is 12.3. The fraction of sp³-hybridized carbons (Fsp3) is 0.707. The van der Waals surface area contributed by atoms with Gasteiger partial charge in [-0.3, -0.25) is 9.59 Å². The van der Waals surface area contributed by atoms with E-state index in [2.05, 4.69) is 74.6 Å². The predicted molar refractivity (Wildman–Crippen MR) is 196 cm³/mol. The van der Waals surface area contributed by atoms with Crippen LogP contribution in [0.5, 0.6) is 0 Å². The van der Waals surface area contributed by atoms with Crippen LogP contribution in [-0.4, -0.2) is 36.4 Å². The topological polar surface area (TPSA) is 72.8 Å². The summed E-state index contributed by atoms with van der Waals surface area (Å²) in [7, 11) is 0. The molecule has 0 unspecified atom stereocenters. The standard InChI is InChI=1S/C41H70O5/c1-3-5-7-9-11-13-15-17-19-20-22-23-25-27-29-31-33-35-40(43)45-38-39(37-42)46-41(44)36-34-32-30-28-26-24-21-18-16-14-12-10-8-6-4-2/h12,14,17-19,21-23,27,29,39,42H,3-11,13,15-16,20,24-26,28,30-38H2,1-2H3/t39-/m0/s1. The number of unbranched alkanes of at least 4 members (excludes halogenated alkanes) is 15. The maximum atomic E-state index is 12.1. The van der Waals surface area contributed by atoms with E-state index in [1.165, 1.54) is 77.0 Å². The van der Waals surface area contributed by atoms with Crippen molar-refractivity contribution in [3.63, 3.8) is 0 Å². The number of carbonyl (C=O) groups excluding carboxylic acids is 2. The lowest BCUT2D eigenvalue weighted by Gasteiger charge is -2.15. The second-order valence-corrected chi connectivity index (χ2v) is 12.3. The molecule has 0 spiro atoms. The molecule has 46 heavy (non-hydrogen) atoms. The van der Waals surface area contributed by atoms with Gasteiger partial charge in [-0.2, -0.15) is 0 Å². The van der Waals surface area contributed by atoms with Gasteiger partial charge < -0.3 is 14.6 Å². The molecule has 1 atom stereocenters. The van der Waals surface area contributed by atoms with Gasteiger partial charge >= 0.3 is 11.9 Å². The fourth-order valence-electron chi connectivity index (χ4n) is 4.89. The molecule has 0 radical (unpaired) electrons. The average Bonchev–Trinajstić information content (AvgIpc) is 3.06. The van der Waals surface area contributed by atoms with E-state index in [0.29, 0.717) is 19.3 Å². The number of rotatable bonds is 33. The average molecular weight is 643 g/mol. The van der Waals surface area contributed by atoms with Crippen LogP contribution in [0, 0.1) is 0 Å². The molecule has 5 nitrogen and oxygen atoms in total. The number of aliphatic hydroxyl groups is 1. The van der Waals surface area contributed by atoms with Crippen LogP contribution in [0.4, 0.5) is 0 Å². The third kappa shape index (κ3) is 34.5. The minimum absolute atomic E-state index is 0.0999. The molecular formula is C41H70O5. The van der Waals surface area contributed by atoms with Gasteiger partial charge in [0.15, 0.2) is 6.10 Å². The van der Waals surface area contributed by atoms with E-state index in [-0.39, 0.29) is 25.2 Å². The van der Waals surface area contributed by atoms with Crippen LogP contribution in [0.2, 0.25) is 0 Å². The molecule has 0 rings (SSSR count). The molecule has 0 aliphatic heterocycles. The van der Waals surface area contributed by atoms with Gasteiger partial charge in [0.05, 0.1) is 6.61 Å². The van der Waals surface area contributed by atoms with Crippen LogP contribution in [0.1, 0.15) is 168 Å². The maximum absolute atomic E-state index is 12.1. The van der Waals surface area contributed by atoms with Crippen molar-refractivity contribution >= 4 is 11.9 Å². The molecule has 0 bridgehead atoms. The quantitative estimate of drug-likeness (QED) is 0.0438. The molecule has 0 heterocycles. The summed E-state index contributed by atoms with van der Waals surface area (Å²) in [6.07, 6.45) is 47.1. The Bertz CT molecular complexity index is 823. The zero-order valence-electron chi connectivity index (χ0n) is 29.8. The van der Waals surface area contributed by atoms with Crippen molar-refractivity contribution in [2.75, 3.05) is 13.2 Å². The van der Waals surface area contributed by atoms with Crippen molar-refractivity contribution in [1.29, 1.82) is 0 Å². The van der Waals surface area contributed by atoms with Crippen molar-refractivity contribution in [2.24, 2.45) is 0 Å². The molecule has 0 aromatic rings. The minimum atomic E-state index is -0.800. The minimum Gasteiger partial charge on any atom is -0.462 e. The third-order valence-electron chi connectivity index (χ3n) is 7.78. The summed E-state index contributed by atoms with van der Waals surface area (Å²) in [5, 5.41) is 9.53. The van der Waals surface area contributed by atoms with E-state index in [9.17, 15) is 14.7 Å². The van der Waals surface area contributed by atoms with Gasteiger partial charge in [0.1, 0.15) is 6.61 Å². The normalized spacial score (nSPS) is 12.8. The summed E-state index contributed by atoms with van der Waals surface area (Å²) in [5.41, 5.74) is 0. The van der Waals surface area contributed by atoms with E-state index < -0.39 is 6.10 Å². The van der Waals surface area contributed by atoms with E-state index in [1.54, 1.807) is 0 Å². The number of hydrogen-bond donors (Lipinski definition) is 1. The number of aliphatic hydroxyl groups excluding tert-OH is 1. The first-order valence-corrected chi connectivity index (χ1v) is 18.8. The Balaban J connectivity index is 3.70. The first-order chi connectivity index (χ1) is 22.6. The van der Waals surface area contributed by atoms with Gasteiger partial charge in [-0.15, -0.1) is 0 Å². The number of esters is 2. The first-order valence-electron chi connectivity index (χ1n) is 18.8. The van der Waals surface area contributed by atoms with Gasteiger partial charge in [-0.05, 0) is 77.0 Å². The Morgan fingerprint density at radius 1 is 0.500 bits per heavy atom.